The zero-order valence-electron chi connectivity index (χ0n) is 15.8. The van der Waals surface area contributed by atoms with E-state index in [1.165, 1.54) is 11.8 Å². The predicted molar refractivity (Wildman–Crippen MR) is 104 cm³/mol. The largest absolute Gasteiger partial charge is 0.483 e. The van der Waals surface area contributed by atoms with Crippen LogP contribution in [-0.2, 0) is 9.59 Å². The smallest absolute Gasteiger partial charge is 0.259 e. The summed E-state index contributed by atoms with van der Waals surface area (Å²) in [6, 6.07) is 11.9. The fourth-order valence-corrected chi connectivity index (χ4v) is 2.32. The first-order chi connectivity index (χ1) is 12.8. The third kappa shape index (κ3) is 5.57. The van der Waals surface area contributed by atoms with Gasteiger partial charge in [-0.05, 0) is 42.8 Å². The molecule has 0 fully saturated rings. The van der Waals surface area contributed by atoms with E-state index < -0.39 is 0 Å². The third-order valence-electron chi connectivity index (χ3n) is 3.78. The minimum atomic E-state index is -0.352. The van der Waals surface area contributed by atoms with Crippen LogP contribution in [0.2, 0.25) is 0 Å². The standard InChI is InChI=1S/C20H23N3O4/c1-13-11-15(9-10-17(13)21-14(2)24)22-20(26)16-7-5-6-8-18(16)27-12-19(25)23(3)4/h5-11H,12H2,1-4H3,(H,21,24)(H,22,26). The maximum atomic E-state index is 12.6. The topological polar surface area (TPSA) is 87.7 Å². The van der Waals surface area contributed by atoms with Gasteiger partial charge >= 0.3 is 0 Å². The quantitative estimate of drug-likeness (QED) is 0.819. The van der Waals surface area contributed by atoms with E-state index in [2.05, 4.69) is 10.6 Å². The molecule has 3 amide bonds. The molecular weight excluding hydrogens is 346 g/mol. The maximum absolute atomic E-state index is 12.6. The van der Waals surface area contributed by atoms with Gasteiger partial charge in [0.1, 0.15) is 5.75 Å². The minimum Gasteiger partial charge on any atom is -0.483 e. The molecule has 0 aromatic heterocycles. The first-order valence-electron chi connectivity index (χ1n) is 8.39. The summed E-state index contributed by atoms with van der Waals surface area (Å²) in [7, 11) is 3.27. The number of nitrogens with one attached hydrogen (secondary N) is 2. The van der Waals surface area contributed by atoms with E-state index in [0.29, 0.717) is 22.7 Å². The van der Waals surface area contributed by atoms with Crippen molar-refractivity contribution in [3.63, 3.8) is 0 Å². The number of ether oxygens (including phenoxy) is 1. The molecule has 2 aromatic rings. The number of aryl methyl sites for hydroxylation is 1. The minimum absolute atomic E-state index is 0.151. The van der Waals surface area contributed by atoms with Crippen LogP contribution in [0.25, 0.3) is 0 Å². The van der Waals surface area contributed by atoms with Gasteiger partial charge in [-0.2, -0.15) is 0 Å². The van der Waals surface area contributed by atoms with Crippen molar-refractivity contribution < 1.29 is 19.1 Å². The van der Waals surface area contributed by atoms with Crippen LogP contribution in [-0.4, -0.2) is 43.3 Å². The van der Waals surface area contributed by atoms with Gasteiger partial charge in [0.2, 0.25) is 5.91 Å². The highest BCUT2D eigenvalue weighted by molar-refractivity contribution is 6.06. The molecule has 0 aliphatic heterocycles. The van der Waals surface area contributed by atoms with Crippen molar-refractivity contribution in [1.29, 1.82) is 0 Å². The number of hydrogen-bond acceptors (Lipinski definition) is 4. The second kappa shape index (κ2) is 8.84. The summed E-state index contributed by atoms with van der Waals surface area (Å²) >= 11 is 0. The van der Waals surface area contributed by atoms with Gasteiger partial charge in [-0.15, -0.1) is 0 Å². The van der Waals surface area contributed by atoms with Gasteiger partial charge in [-0.3, -0.25) is 14.4 Å². The summed E-state index contributed by atoms with van der Waals surface area (Å²) < 4.78 is 5.51. The highest BCUT2D eigenvalue weighted by Gasteiger charge is 2.14. The van der Waals surface area contributed by atoms with Crippen LogP contribution in [0.15, 0.2) is 42.5 Å². The van der Waals surface area contributed by atoms with Gasteiger partial charge in [0.05, 0.1) is 5.56 Å². The molecule has 7 heteroatoms. The Kier molecular flexibility index (Phi) is 6.54. The van der Waals surface area contributed by atoms with Crippen LogP contribution in [0.1, 0.15) is 22.8 Å². The molecular formula is C20H23N3O4. The Labute approximate surface area is 158 Å². The molecule has 0 heterocycles. The summed E-state index contributed by atoms with van der Waals surface area (Å²) in [5.41, 5.74) is 2.42. The van der Waals surface area contributed by atoms with E-state index in [1.807, 2.05) is 6.92 Å². The first kappa shape index (κ1) is 20.0. The Bertz CT molecular complexity index is 862. The Morgan fingerprint density at radius 3 is 2.37 bits per heavy atom. The second-order valence-electron chi connectivity index (χ2n) is 6.24. The molecule has 0 aliphatic carbocycles. The van der Waals surface area contributed by atoms with Crippen molar-refractivity contribution in [3.8, 4) is 5.75 Å². The van der Waals surface area contributed by atoms with Crippen LogP contribution in [0.3, 0.4) is 0 Å². The van der Waals surface area contributed by atoms with E-state index in [0.717, 1.165) is 5.56 Å². The van der Waals surface area contributed by atoms with Crippen LogP contribution >= 0.6 is 0 Å². The number of likely N-dealkylation sites (N-methyl/N-ethyl adjacent to an activating group) is 1. The highest BCUT2D eigenvalue weighted by atomic mass is 16.5. The summed E-state index contributed by atoms with van der Waals surface area (Å²) in [4.78, 5) is 36.9. The monoisotopic (exact) mass is 369 g/mol. The number of nitrogens with zero attached hydrogens (tertiary/aromatic N) is 1. The molecule has 0 aliphatic rings. The molecule has 0 unspecified atom stereocenters. The van der Waals surface area contributed by atoms with Crippen molar-refractivity contribution in [2.24, 2.45) is 0 Å². The Hall–Kier alpha value is -3.35. The fourth-order valence-electron chi connectivity index (χ4n) is 2.32. The van der Waals surface area contributed by atoms with Gasteiger partial charge in [0.25, 0.3) is 11.8 Å². The van der Waals surface area contributed by atoms with E-state index in [-0.39, 0.29) is 24.3 Å². The normalized spacial score (nSPS) is 10.1. The third-order valence-corrected chi connectivity index (χ3v) is 3.78. The Morgan fingerprint density at radius 1 is 1.04 bits per heavy atom. The molecule has 27 heavy (non-hydrogen) atoms. The van der Waals surface area contributed by atoms with E-state index in [4.69, 9.17) is 4.74 Å². The van der Waals surface area contributed by atoms with E-state index in [9.17, 15) is 14.4 Å². The number of amides is 3. The van der Waals surface area contributed by atoms with Gasteiger partial charge < -0.3 is 20.3 Å². The Morgan fingerprint density at radius 2 is 1.74 bits per heavy atom. The van der Waals surface area contributed by atoms with Crippen LogP contribution in [0.5, 0.6) is 5.75 Å². The zero-order chi connectivity index (χ0) is 20.0. The molecule has 7 nitrogen and oxygen atoms in total. The number of rotatable bonds is 6. The lowest BCUT2D eigenvalue weighted by Crippen LogP contribution is -2.28. The van der Waals surface area contributed by atoms with Crippen molar-refractivity contribution in [2.45, 2.75) is 13.8 Å². The molecule has 0 saturated heterocycles. The number of carbonyl (C=O) groups excluding carboxylic acids is 3. The average molecular weight is 369 g/mol. The summed E-state index contributed by atoms with van der Waals surface area (Å²) in [5.74, 6) is -0.381. The highest BCUT2D eigenvalue weighted by Crippen LogP contribution is 2.23. The van der Waals surface area contributed by atoms with Gasteiger partial charge in [0.15, 0.2) is 6.61 Å². The number of para-hydroxylation sites is 1. The second-order valence-corrected chi connectivity index (χ2v) is 6.24. The van der Waals surface area contributed by atoms with Crippen LogP contribution in [0, 0.1) is 6.92 Å². The van der Waals surface area contributed by atoms with E-state index in [1.54, 1.807) is 56.6 Å². The molecule has 2 aromatic carbocycles. The van der Waals surface area contributed by atoms with Gasteiger partial charge in [-0.25, -0.2) is 0 Å². The van der Waals surface area contributed by atoms with Crippen molar-refractivity contribution >= 4 is 29.1 Å². The zero-order valence-corrected chi connectivity index (χ0v) is 15.8. The van der Waals surface area contributed by atoms with Crippen molar-refractivity contribution in [1.82, 2.24) is 4.90 Å². The molecule has 0 atom stereocenters. The number of benzene rings is 2. The SMILES string of the molecule is CC(=O)Nc1ccc(NC(=O)c2ccccc2OCC(=O)N(C)C)cc1C. The average Bonchev–Trinajstić information content (AvgIpc) is 2.61. The summed E-state index contributed by atoms with van der Waals surface area (Å²) in [5, 5.41) is 5.53. The van der Waals surface area contributed by atoms with Crippen molar-refractivity contribution in [3.05, 3.63) is 53.6 Å². The molecule has 2 N–H and O–H groups in total. The maximum Gasteiger partial charge on any atom is 0.259 e. The first-order valence-corrected chi connectivity index (χ1v) is 8.39. The molecule has 0 radical (unpaired) electrons. The summed E-state index contributed by atoms with van der Waals surface area (Å²) in [6.07, 6.45) is 0. The lowest BCUT2D eigenvalue weighted by atomic mass is 10.1. The molecule has 0 spiro atoms. The molecule has 142 valence electrons. The van der Waals surface area contributed by atoms with Crippen LogP contribution in [0.4, 0.5) is 11.4 Å². The van der Waals surface area contributed by atoms with Crippen LogP contribution < -0.4 is 15.4 Å². The molecule has 2 rings (SSSR count). The summed E-state index contributed by atoms with van der Waals surface area (Å²) in [6.45, 7) is 3.12. The lowest BCUT2D eigenvalue weighted by Gasteiger charge is -2.14. The fraction of sp³-hybridized carbons (Fsp3) is 0.250. The van der Waals surface area contributed by atoms with Gasteiger partial charge in [-0.1, -0.05) is 12.1 Å². The number of anilines is 2. The van der Waals surface area contributed by atoms with Gasteiger partial charge in [0, 0.05) is 32.4 Å². The molecule has 0 bridgehead atoms. The Balaban J connectivity index is 2.13. The number of hydrogen-bond donors (Lipinski definition) is 2. The number of carbonyl (C=O) groups is 3. The molecule has 0 saturated carbocycles. The van der Waals surface area contributed by atoms with E-state index >= 15 is 0 Å². The predicted octanol–water partition coefficient (Wildman–Crippen LogP) is 2.67. The lowest BCUT2D eigenvalue weighted by molar-refractivity contribution is -0.130. The van der Waals surface area contributed by atoms with Crippen molar-refractivity contribution in [2.75, 3.05) is 31.3 Å².